The zero-order valence-electron chi connectivity index (χ0n) is 14.9. The Morgan fingerprint density at radius 3 is 2.63 bits per heavy atom. The lowest BCUT2D eigenvalue weighted by atomic mass is 10.1. The van der Waals surface area contributed by atoms with Gasteiger partial charge < -0.3 is 5.32 Å². The lowest BCUT2D eigenvalue weighted by Crippen LogP contribution is -2.10. The summed E-state index contributed by atoms with van der Waals surface area (Å²) >= 11 is 3.38. The Balaban J connectivity index is 1.46. The average Bonchev–Trinajstić information content (AvgIpc) is 3.29. The Kier molecular flexibility index (Phi) is 5.27. The molecule has 0 atom stereocenters. The molecule has 4 aromatic rings. The molecule has 1 N–H and O–H groups in total. The molecule has 0 saturated heterocycles. The number of nitrogens with zero attached hydrogens (tertiary/aromatic N) is 2. The Morgan fingerprint density at radius 2 is 1.85 bits per heavy atom. The van der Waals surface area contributed by atoms with Crippen molar-refractivity contribution in [2.75, 3.05) is 5.32 Å². The van der Waals surface area contributed by atoms with Gasteiger partial charge in [0.15, 0.2) is 0 Å². The molecule has 0 saturated carbocycles. The standard InChI is InChI=1S/C21H19N3OS2/c1-2-5-19(25)22-15-10-8-14(9-11-15)17-13-26-20(24-17)12-21-23-16-6-3-4-7-18(16)27-21/h3-4,6-11,13H,2,5,12H2,1H3,(H,22,25). The van der Waals surface area contributed by atoms with Gasteiger partial charge in [-0.05, 0) is 30.7 Å². The SMILES string of the molecule is CCCC(=O)Nc1ccc(-c2csc(Cc3nc4ccccc4s3)n2)cc1. The number of rotatable bonds is 6. The average molecular weight is 394 g/mol. The minimum Gasteiger partial charge on any atom is -0.326 e. The van der Waals surface area contributed by atoms with Crippen LogP contribution in [0.3, 0.4) is 0 Å². The van der Waals surface area contributed by atoms with Crippen molar-refractivity contribution in [2.24, 2.45) is 0 Å². The number of para-hydroxylation sites is 1. The monoisotopic (exact) mass is 393 g/mol. The third kappa shape index (κ3) is 4.23. The van der Waals surface area contributed by atoms with Gasteiger partial charge in [0.05, 0.1) is 22.3 Å². The van der Waals surface area contributed by atoms with Gasteiger partial charge in [0.2, 0.25) is 5.91 Å². The zero-order chi connectivity index (χ0) is 18.6. The summed E-state index contributed by atoms with van der Waals surface area (Å²) in [5.74, 6) is 0.0528. The summed E-state index contributed by atoms with van der Waals surface area (Å²) in [7, 11) is 0. The maximum Gasteiger partial charge on any atom is 0.224 e. The van der Waals surface area contributed by atoms with E-state index in [0.717, 1.165) is 45.3 Å². The summed E-state index contributed by atoms with van der Waals surface area (Å²) in [6, 6.07) is 16.1. The number of anilines is 1. The molecule has 4 rings (SSSR count). The number of benzene rings is 2. The van der Waals surface area contributed by atoms with E-state index in [1.54, 1.807) is 22.7 Å². The Morgan fingerprint density at radius 1 is 1.04 bits per heavy atom. The molecule has 2 aromatic heterocycles. The van der Waals surface area contributed by atoms with Crippen LogP contribution in [0.4, 0.5) is 5.69 Å². The third-order valence-electron chi connectivity index (χ3n) is 4.13. The minimum absolute atomic E-state index is 0.0528. The summed E-state index contributed by atoms with van der Waals surface area (Å²) < 4.78 is 1.21. The van der Waals surface area contributed by atoms with Crippen molar-refractivity contribution >= 4 is 44.5 Å². The van der Waals surface area contributed by atoms with Gasteiger partial charge in [0.1, 0.15) is 10.0 Å². The van der Waals surface area contributed by atoms with Crippen molar-refractivity contribution < 1.29 is 4.79 Å². The number of thiazole rings is 2. The highest BCUT2D eigenvalue weighted by atomic mass is 32.1. The van der Waals surface area contributed by atoms with Crippen molar-refractivity contribution in [3.05, 3.63) is 63.9 Å². The predicted molar refractivity (Wildman–Crippen MR) is 114 cm³/mol. The number of carbonyl (C=O) groups excluding carboxylic acids is 1. The largest absolute Gasteiger partial charge is 0.326 e. The molecule has 0 aliphatic carbocycles. The highest BCUT2D eigenvalue weighted by molar-refractivity contribution is 7.18. The zero-order valence-corrected chi connectivity index (χ0v) is 16.6. The van der Waals surface area contributed by atoms with E-state index in [0.29, 0.717) is 6.42 Å². The fourth-order valence-electron chi connectivity index (χ4n) is 2.82. The number of carbonyl (C=O) groups is 1. The van der Waals surface area contributed by atoms with E-state index in [-0.39, 0.29) is 5.91 Å². The van der Waals surface area contributed by atoms with E-state index < -0.39 is 0 Å². The molecule has 0 fully saturated rings. The molecule has 0 bridgehead atoms. The van der Waals surface area contributed by atoms with E-state index >= 15 is 0 Å². The van der Waals surface area contributed by atoms with Crippen LogP contribution in [0.5, 0.6) is 0 Å². The number of hydrogen-bond donors (Lipinski definition) is 1. The van der Waals surface area contributed by atoms with Crippen molar-refractivity contribution in [1.82, 2.24) is 9.97 Å². The number of hydrogen-bond acceptors (Lipinski definition) is 5. The molecule has 1 amide bonds. The quantitative estimate of drug-likeness (QED) is 0.454. The van der Waals surface area contributed by atoms with Crippen molar-refractivity contribution in [2.45, 2.75) is 26.2 Å². The van der Waals surface area contributed by atoms with E-state index in [1.165, 1.54) is 4.70 Å². The first kappa shape index (κ1) is 17.8. The third-order valence-corrected chi connectivity index (χ3v) is 6.02. The van der Waals surface area contributed by atoms with Gasteiger partial charge in [-0.15, -0.1) is 22.7 Å². The lowest BCUT2D eigenvalue weighted by Gasteiger charge is -2.04. The van der Waals surface area contributed by atoms with Crippen LogP contribution in [0.15, 0.2) is 53.9 Å². The second kappa shape index (κ2) is 7.98. The first-order chi connectivity index (χ1) is 13.2. The van der Waals surface area contributed by atoms with Crippen LogP contribution in [0.1, 0.15) is 29.8 Å². The van der Waals surface area contributed by atoms with Crippen molar-refractivity contribution in [3.63, 3.8) is 0 Å². The molecule has 27 heavy (non-hydrogen) atoms. The molecular weight excluding hydrogens is 374 g/mol. The molecular formula is C21H19N3OS2. The normalized spacial score (nSPS) is 11.0. The topological polar surface area (TPSA) is 54.9 Å². The van der Waals surface area contributed by atoms with Crippen LogP contribution in [0.2, 0.25) is 0 Å². The number of aromatic nitrogens is 2. The molecule has 6 heteroatoms. The minimum atomic E-state index is 0.0528. The molecule has 0 aliphatic heterocycles. The van der Waals surface area contributed by atoms with Crippen molar-refractivity contribution in [3.8, 4) is 11.3 Å². The lowest BCUT2D eigenvalue weighted by molar-refractivity contribution is -0.116. The van der Waals surface area contributed by atoms with Crippen LogP contribution in [-0.2, 0) is 11.2 Å². The molecule has 0 unspecified atom stereocenters. The van der Waals surface area contributed by atoms with Gasteiger partial charge in [0, 0.05) is 23.1 Å². The second-order valence-electron chi connectivity index (χ2n) is 6.25. The number of fused-ring (bicyclic) bond motifs is 1. The predicted octanol–water partition coefficient (Wildman–Crippen LogP) is 5.75. The summed E-state index contributed by atoms with van der Waals surface area (Å²) in [5, 5.41) is 7.13. The molecule has 136 valence electrons. The first-order valence-electron chi connectivity index (χ1n) is 8.90. The van der Waals surface area contributed by atoms with Crippen LogP contribution >= 0.6 is 22.7 Å². The van der Waals surface area contributed by atoms with E-state index in [2.05, 4.69) is 21.7 Å². The summed E-state index contributed by atoms with van der Waals surface area (Å²) in [6.45, 7) is 2.00. The first-order valence-corrected chi connectivity index (χ1v) is 10.6. The maximum absolute atomic E-state index is 11.7. The molecule has 0 spiro atoms. The van der Waals surface area contributed by atoms with Crippen LogP contribution in [0.25, 0.3) is 21.5 Å². The van der Waals surface area contributed by atoms with Gasteiger partial charge in [-0.2, -0.15) is 0 Å². The van der Waals surface area contributed by atoms with E-state index in [9.17, 15) is 4.79 Å². The Labute approximate surface area is 165 Å². The van der Waals surface area contributed by atoms with Gasteiger partial charge in [-0.1, -0.05) is 31.2 Å². The van der Waals surface area contributed by atoms with Gasteiger partial charge in [-0.3, -0.25) is 4.79 Å². The highest BCUT2D eigenvalue weighted by Crippen LogP contribution is 2.27. The fourth-order valence-corrected chi connectivity index (χ4v) is 4.69. The smallest absolute Gasteiger partial charge is 0.224 e. The molecule has 2 heterocycles. The number of nitrogens with one attached hydrogen (secondary N) is 1. The second-order valence-corrected chi connectivity index (χ2v) is 8.31. The van der Waals surface area contributed by atoms with Crippen LogP contribution in [-0.4, -0.2) is 15.9 Å². The molecule has 0 aliphatic rings. The highest BCUT2D eigenvalue weighted by Gasteiger charge is 2.09. The molecule has 4 nitrogen and oxygen atoms in total. The Bertz CT molecular complexity index is 1030. The molecule has 0 radical (unpaired) electrons. The van der Waals surface area contributed by atoms with Crippen LogP contribution < -0.4 is 5.32 Å². The van der Waals surface area contributed by atoms with Gasteiger partial charge >= 0.3 is 0 Å². The van der Waals surface area contributed by atoms with Gasteiger partial charge in [0.25, 0.3) is 0 Å². The fraction of sp³-hybridized carbons (Fsp3) is 0.190. The summed E-state index contributed by atoms with van der Waals surface area (Å²) in [6.07, 6.45) is 2.15. The van der Waals surface area contributed by atoms with Crippen LogP contribution in [0, 0.1) is 0 Å². The van der Waals surface area contributed by atoms with Gasteiger partial charge in [-0.25, -0.2) is 9.97 Å². The van der Waals surface area contributed by atoms with E-state index in [4.69, 9.17) is 4.98 Å². The maximum atomic E-state index is 11.7. The van der Waals surface area contributed by atoms with E-state index in [1.807, 2.05) is 49.4 Å². The van der Waals surface area contributed by atoms with Crippen molar-refractivity contribution in [1.29, 1.82) is 0 Å². The summed E-state index contributed by atoms with van der Waals surface area (Å²) in [4.78, 5) is 21.1. The molecule has 2 aromatic carbocycles. The summed E-state index contributed by atoms with van der Waals surface area (Å²) in [5.41, 5.74) is 3.88. The number of amides is 1. The Hall–Kier alpha value is -2.57.